The number of rotatable bonds is 0. The second-order valence-electron chi connectivity index (χ2n) is 4.71. The fourth-order valence-corrected chi connectivity index (χ4v) is 2.50. The molecule has 3 aliphatic rings. The quantitative estimate of drug-likeness (QED) is 0.563. The van der Waals surface area contributed by atoms with E-state index in [-0.39, 0.29) is 11.5 Å². The molecule has 0 atom stereocenters. The standard InChI is InChI=1S/C10H16N2O2/c13-8-10(1-2-10)14-9(7-12-8)3-5-11-6-4-9/h11H,1-7H2,(H,12,13). The third kappa shape index (κ3) is 1.17. The molecule has 2 saturated heterocycles. The molecule has 0 unspecified atom stereocenters. The van der Waals surface area contributed by atoms with Gasteiger partial charge in [0.15, 0.2) is 0 Å². The Labute approximate surface area is 83.4 Å². The lowest BCUT2D eigenvalue weighted by Crippen LogP contribution is -2.61. The van der Waals surface area contributed by atoms with Gasteiger partial charge in [0, 0.05) is 6.54 Å². The highest BCUT2D eigenvalue weighted by atomic mass is 16.5. The molecular formula is C10H16N2O2. The number of nitrogens with one attached hydrogen (secondary N) is 2. The molecule has 14 heavy (non-hydrogen) atoms. The number of carbonyl (C=O) groups excluding carboxylic acids is 1. The van der Waals surface area contributed by atoms with Crippen molar-refractivity contribution in [2.75, 3.05) is 19.6 Å². The zero-order valence-electron chi connectivity index (χ0n) is 8.27. The van der Waals surface area contributed by atoms with Gasteiger partial charge in [-0.05, 0) is 38.8 Å². The Morgan fingerprint density at radius 3 is 2.50 bits per heavy atom. The first-order valence-electron chi connectivity index (χ1n) is 5.44. The summed E-state index contributed by atoms with van der Waals surface area (Å²) in [4.78, 5) is 11.6. The molecule has 1 aliphatic carbocycles. The normalized spacial score (nSPS) is 33.0. The second-order valence-corrected chi connectivity index (χ2v) is 4.71. The molecule has 4 nitrogen and oxygen atoms in total. The summed E-state index contributed by atoms with van der Waals surface area (Å²) >= 11 is 0. The van der Waals surface area contributed by atoms with Crippen LogP contribution in [-0.4, -0.2) is 36.7 Å². The largest absolute Gasteiger partial charge is 0.357 e. The molecule has 1 saturated carbocycles. The number of piperidine rings is 1. The summed E-state index contributed by atoms with van der Waals surface area (Å²) in [6.45, 7) is 2.72. The van der Waals surface area contributed by atoms with Gasteiger partial charge in [-0.3, -0.25) is 4.79 Å². The lowest BCUT2D eigenvalue weighted by atomic mass is 9.90. The van der Waals surface area contributed by atoms with E-state index in [9.17, 15) is 4.79 Å². The van der Waals surface area contributed by atoms with Gasteiger partial charge in [0.2, 0.25) is 0 Å². The van der Waals surface area contributed by atoms with E-state index in [0.717, 1.165) is 38.8 Å². The van der Waals surface area contributed by atoms with Crippen LogP contribution in [0, 0.1) is 0 Å². The van der Waals surface area contributed by atoms with Crippen LogP contribution in [0.2, 0.25) is 0 Å². The highest BCUT2D eigenvalue weighted by Crippen LogP contribution is 2.46. The van der Waals surface area contributed by atoms with Crippen LogP contribution < -0.4 is 10.6 Å². The topological polar surface area (TPSA) is 50.4 Å². The molecular weight excluding hydrogens is 180 g/mol. The minimum absolute atomic E-state index is 0.0599. The zero-order chi connectivity index (χ0) is 9.65. The Bertz CT molecular complexity index is 267. The van der Waals surface area contributed by atoms with Gasteiger partial charge in [0.1, 0.15) is 5.60 Å². The van der Waals surface area contributed by atoms with Gasteiger partial charge in [-0.15, -0.1) is 0 Å². The Morgan fingerprint density at radius 2 is 1.86 bits per heavy atom. The van der Waals surface area contributed by atoms with Gasteiger partial charge < -0.3 is 15.4 Å². The van der Waals surface area contributed by atoms with Crippen molar-refractivity contribution in [2.24, 2.45) is 0 Å². The van der Waals surface area contributed by atoms with E-state index < -0.39 is 5.60 Å². The molecule has 2 spiro atoms. The maximum absolute atomic E-state index is 11.6. The highest BCUT2D eigenvalue weighted by molar-refractivity contribution is 5.88. The van der Waals surface area contributed by atoms with Crippen LogP contribution >= 0.6 is 0 Å². The van der Waals surface area contributed by atoms with Crippen LogP contribution in [0.3, 0.4) is 0 Å². The summed E-state index contributed by atoms with van der Waals surface area (Å²) in [6, 6.07) is 0. The molecule has 0 radical (unpaired) electrons. The average molecular weight is 196 g/mol. The van der Waals surface area contributed by atoms with Gasteiger partial charge >= 0.3 is 0 Å². The molecule has 1 amide bonds. The zero-order valence-corrected chi connectivity index (χ0v) is 8.27. The van der Waals surface area contributed by atoms with Crippen molar-refractivity contribution in [2.45, 2.75) is 36.9 Å². The number of amides is 1. The van der Waals surface area contributed by atoms with E-state index in [0.29, 0.717) is 6.54 Å². The third-order valence-electron chi connectivity index (χ3n) is 3.62. The monoisotopic (exact) mass is 196 g/mol. The van der Waals surface area contributed by atoms with Crippen LogP contribution in [-0.2, 0) is 9.53 Å². The van der Waals surface area contributed by atoms with Crippen molar-refractivity contribution in [1.29, 1.82) is 0 Å². The number of hydrogen-bond acceptors (Lipinski definition) is 3. The Morgan fingerprint density at radius 1 is 1.14 bits per heavy atom. The molecule has 3 fully saturated rings. The summed E-state index contributed by atoms with van der Waals surface area (Å²) in [5, 5.41) is 6.33. The second kappa shape index (κ2) is 2.70. The maximum atomic E-state index is 11.6. The van der Waals surface area contributed by atoms with Gasteiger partial charge in [-0.2, -0.15) is 0 Å². The minimum atomic E-state index is -0.421. The molecule has 2 aliphatic heterocycles. The first-order valence-corrected chi connectivity index (χ1v) is 5.44. The molecule has 3 rings (SSSR count). The summed E-state index contributed by atoms with van der Waals surface area (Å²) in [6.07, 6.45) is 3.87. The molecule has 0 aromatic carbocycles. The number of carbonyl (C=O) groups is 1. The molecule has 0 aromatic rings. The van der Waals surface area contributed by atoms with Crippen LogP contribution in [0.15, 0.2) is 0 Å². The summed E-state index contributed by atoms with van der Waals surface area (Å²) in [5.41, 5.74) is -0.481. The Hall–Kier alpha value is -0.610. The van der Waals surface area contributed by atoms with Gasteiger partial charge in [0.25, 0.3) is 5.91 Å². The first kappa shape index (κ1) is 8.68. The van der Waals surface area contributed by atoms with Gasteiger partial charge in [-0.25, -0.2) is 0 Å². The summed E-state index contributed by atoms with van der Waals surface area (Å²) < 4.78 is 6.07. The average Bonchev–Trinajstić information content (AvgIpc) is 2.95. The van der Waals surface area contributed by atoms with Crippen molar-refractivity contribution >= 4 is 5.91 Å². The van der Waals surface area contributed by atoms with E-state index >= 15 is 0 Å². The Kier molecular flexibility index (Phi) is 1.67. The van der Waals surface area contributed by atoms with E-state index in [2.05, 4.69) is 10.6 Å². The molecule has 0 aromatic heterocycles. The van der Waals surface area contributed by atoms with Crippen LogP contribution in [0.4, 0.5) is 0 Å². The maximum Gasteiger partial charge on any atom is 0.252 e. The number of hydrogen-bond donors (Lipinski definition) is 2. The summed E-state index contributed by atoms with van der Waals surface area (Å²) in [5.74, 6) is 0.113. The van der Waals surface area contributed by atoms with Crippen molar-refractivity contribution < 1.29 is 9.53 Å². The predicted octanol–water partition coefficient (Wildman–Crippen LogP) is -0.212. The third-order valence-corrected chi connectivity index (χ3v) is 3.62. The Balaban J connectivity index is 1.79. The van der Waals surface area contributed by atoms with E-state index in [1.165, 1.54) is 0 Å². The fraction of sp³-hybridized carbons (Fsp3) is 0.900. The van der Waals surface area contributed by atoms with E-state index in [4.69, 9.17) is 4.74 Å². The number of ether oxygens (including phenoxy) is 1. The fourth-order valence-electron chi connectivity index (χ4n) is 2.50. The van der Waals surface area contributed by atoms with E-state index in [1.807, 2.05) is 0 Å². The smallest absolute Gasteiger partial charge is 0.252 e. The minimum Gasteiger partial charge on any atom is -0.357 e. The van der Waals surface area contributed by atoms with Crippen LogP contribution in [0.1, 0.15) is 25.7 Å². The van der Waals surface area contributed by atoms with Crippen LogP contribution in [0.25, 0.3) is 0 Å². The molecule has 2 N–H and O–H groups in total. The highest BCUT2D eigenvalue weighted by Gasteiger charge is 2.58. The van der Waals surface area contributed by atoms with Crippen molar-refractivity contribution in [3.63, 3.8) is 0 Å². The molecule has 78 valence electrons. The van der Waals surface area contributed by atoms with Crippen LogP contribution in [0.5, 0.6) is 0 Å². The lowest BCUT2D eigenvalue weighted by Gasteiger charge is -2.44. The van der Waals surface area contributed by atoms with Crippen molar-refractivity contribution in [3.05, 3.63) is 0 Å². The van der Waals surface area contributed by atoms with Gasteiger partial charge in [-0.1, -0.05) is 0 Å². The first-order chi connectivity index (χ1) is 6.75. The molecule has 2 heterocycles. The van der Waals surface area contributed by atoms with E-state index in [1.54, 1.807) is 0 Å². The molecule has 4 heteroatoms. The van der Waals surface area contributed by atoms with Crippen molar-refractivity contribution in [1.82, 2.24) is 10.6 Å². The lowest BCUT2D eigenvalue weighted by molar-refractivity contribution is -0.173. The predicted molar refractivity (Wildman–Crippen MR) is 50.9 cm³/mol. The summed E-state index contributed by atoms with van der Waals surface area (Å²) in [7, 11) is 0. The molecule has 0 bridgehead atoms. The SMILES string of the molecule is O=C1NCC2(CCNCC2)OC12CC2. The van der Waals surface area contributed by atoms with Gasteiger partial charge in [0.05, 0.1) is 5.60 Å². The number of morpholine rings is 1. The van der Waals surface area contributed by atoms with Crippen molar-refractivity contribution in [3.8, 4) is 0 Å².